The Balaban J connectivity index is 0.970. The average Bonchev–Trinajstić information content (AvgIpc) is 0.668. The quantitative estimate of drug-likeness (QED) is 0.0344. The maximum atomic E-state index is 13.8. The second kappa shape index (κ2) is 26.7. The van der Waals surface area contributed by atoms with Crippen LogP contribution in [0.2, 0.25) is 0 Å². The fraction of sp³-hybridized carbons (Fsp3) is 0.785. The summed E-state index contributed by atoms with van der Waals surface area (Å²) in [5, 5.41) is 132. The zero-order valence-electron chi connectivity index (χ0n) is 53.3. The number of rotatable bonds is 16. The number of carboxylic acids is 1. The van der Waals surface area contributed by atoms with Gasteiger partial charge in [-0.3, -0.25) is 9.59 Å². The fourth-order valence-corrected chi connectivity index (χ4v) is 18.0. The Morgan fingerprint density at radius 2 is 1.24 bits per heavy atom. The Labute approximate surface area is 533 Å². The van der Waals surface area contributed by atoms with Crippen LogP contribution in [0.5, 0.6) is 0 Å². The van der Waals surface area contributed by atoms with E-state index in [1.807, 2.05) is 58.0 Å². The number of benzene rings is 1. The molecule has 3 unspecified atom stereocenters. The van der Waals surface area contributed by atoms with Crippen LogP contribution >= 0.6 is 0 Å². The van der Waals surface area contributed by atoms with Gasteiger partial charge in [-0.15, -0.1) is 0 Å². The highest BCUT2D eigenvalue weighted by atomic mass is 16.8. The largest absolute Gasteiger partial charge is 0.479 e. The molecule has 8 fully saturated rings. The van der Waals surface area contributed by atoms with E-state index in [0.717, 1.165) is 11.1 Å². The van der Waals surface area contributed by atoms with Gasteiger partial charge in [0.1, 0.15) is 91.6 Å². The third-order valence-electron chi connectivity index (χ3n) is 23.0. The minimum atomic E-state index is -2.23. The summed E-state index contributed by atoms with van der Waals surface area (Å²) in [6.45, 7) is 14.6. The van der Waals surface area contributed by atoms with Gasteiger partial charge in [0.15, 0.2) is 37.4 Å². The summed E-state index contributed by atoms with van der Waals surface area (Å²) in [4.78, 5) is 53.9. The summed E-state index contributed by atoms with van der Waals surface area (Å²) in [6.07, 6.45) is -29.7. The van der Waals surface area contributed by atoms with E-state index in [4.69, 9.17) is 52.1 Å². The summed E-state index contributed by atoms with van der Waals surface area (Å²) in [5.74, 6) is -4.44. The fourth-order valence-electron chi connectivity index (χ4n) is 18.0. The minimum Gasteiger partial charge on any atom is -0.479 e. The Bertz CT molecular complexity index is 2870. The molecule has 27 nitrogen and oxygen atoms in total. The van der Waals surface area contributed by atoms with Crippen molar-refractivity contribution in [3.63, 3.8) is 0 Å². The topological polar surface area (TPSA) is 413 Å². The van der Waals surface area contributed by atoms with Crippen molar-refractivity contribution >= 4 is 30.0 Å². The van der Waals surface area contributed by atoms with Crippen LogP contribution in [0.3, 0.4) is 0 Å². The van der Waals surface area contributed by atoms with Crippen molar-refractivity contribution in [1.29, 1.82) is 0 Å². The number of aliphatic hydroxyl groups excluding tert-OH is 11. The van der Waals surface area contributed by atoms with Crippen molar-refractivity contribution in [2.24, 2.45) is 50.2 Å². The van der Waals surface area contributed by atoms with Gasteiger partial charge in [-0.05, 0) is 96.0 Å². The van der Waals surface area contributed by atoms with Gasteiger partial charge >= 0.3 is 23.9 Å². The number of aliphatic hydroxyl groups is 11. The lowest BCUT2D eigenvalue weighted by atomic mass is 9.33. The van der Waals surface area contributed by atoms with Crippen LogP contribution in [0.1, 0.15) is 113 Å². The summed E-state index contributed by atoms with van der Waals surface area (Å²) >= 11 is 0. The molecule has 516 valence electrons. The number of allylic oxidation sites excluding steroid dienone is 2. The molecule has 4 saturated heterocycles. The van der Waals surface area contributed by atoms with E-state index < -0.39 is 224 Å². The van der Waals surface area contributed by atoms with E-state index in [1.54, 1.807) is 6.08 Å². The van der Waals surface area contributed by atoms with Crippen molar-refractivity contribution in [3.05, 3.63) is 53.6 Å². The van der Waals surface area contributed by atoms with E-state index in [1.165, 1.54) is 19.9 Å². The van der Waals surface area contributed by atoms with Crippen molar-refractivity contribution in [2.45, 2.75) is 242 Å². The molecule has 1 aromatic rings. The summed E-state index contributed by atoms with van der Waals surface area (Å²) < 4.78 is 67.8. The lowest BCUT2D eigenvalue weighted by molar-refractivity contribution is -0.399. The molecule has 0 radical (unpaired) electrons. The minimum absolute atomic E-state index is 0.0567. The molecule has 12 N–H and O–H groups in total. The molecule has 27 heteroatoms. The van der Waals surface area contributed by atoms with Crippen LogP contribution < -0.4 is 0 Å². The van der Waals surface area contributed by atoms with Gasteiger partial charge in [0.2, 0.25) is 0 Å². The Kier molecular flexibility index (Phi) is 20.5. The van der Waals surface area contributed by atoms with E-state index in [2.05, 4.69) is 26.8 Å². The summed E-state index contributed by atoms with van der Waals surface area (Å²) in [6, 6.07) is 9.17. The number of ether oxygens (including phenoxy) is 11. The molecule has 29 atom stereocenters. The van der Waals surface area contributed by atoms with Crippen LogP contribution in [-0.4, -0.2) is 247 Å². The van der Waals surface area contributed by atoms with E-state index in [9.17, 15) is 80.5 Å². The molecule has 0 bridgehead atoms. The number of hydrogen-bond acceptors (Lipinski definition) is 26. The van der Waals surface area contributed by atoms with Gasteiger partial charge in [0.05, 0.1) is 37.9 Å². The molecule has 1 aromatic carbocycles. The molecule has 92 heavy (non-hydrogen) atoms. The maximum absolute atomic E-state index is 13.8. The number of hydrogen-bond donors (Lipinski definition) is 12. The first-order valence-corrected chi connectivity index (χ1v) is 31.9. The second-order valence-electron chi connectivity index (χ2n) is 29.0. The van der Waals surface area contributed by atoms with Crippen LogP contribution in [0.4, 0.5) is 0 Å². The second-order valence-corrected chi connectivity index (χ2v) is 29.0. The van der Waals surface area contributed by atoms with E-state index in [-0.39, 0.29) is 18.3 Å². The molecule has 5 aliphatic carbocycles. The first-order valence-electron chi connectivity index (χ1n) is 31.9. The van der Waals surface area contributed by atoms with Gasteiger partial charge in [0, 0.05) is 25.3 Å². The lowest BCUT2D eigenvalue weighted by Crippen LogP contribution is -2.73. The highest BCUT2D eigenvalue weighted by Gasteiger charge is 2.75. The maximum Gasteiger partial charge on any atom is 0.335 e. The number of carboxylic acid groups (broad SMARTS) is 1. The normalized spacial score (nSPS) is 47.3. The Morgan fingerprint density at radius 1 is 0.609 bits per heavy atom. The first-order chi connectivity index (χ1) is 43.2. The lowest BCUT2D eigenvalue weighted by Gasteiger charge is -2.72. The highest BCUT2D eigenvalue weighted by Crippen LogP contribution is 2.76. The number of esters is 3. The summed E-state index contributed by atoms with van der Waals surface area (Å²) in [7, 11) is 0. The molecule has 0 spiro atoms. The van der Waals surface area contributed by atoms with Gasteiger partial charge in [-0.2, -0.15) is 0 Å². The average molecular weight is 1310 g/mol. The third kappa shape index (κ3) is 12.3. The number of fused-ring (bicyclic) bond motifs is 7. The molecular formula is C65H94O27. The van der Waals surface area contributed by atoms with Crippen molar-refractivity contribution in [3.8, 4) is 0 Å². The zero-order chi connectivity index (χ0) is 67.1. The van der Waals surface area contributed by atoms with Crippen LogP contribution in [-0.2, 0) is 71.3 Å². The van der Waals surface area contributed by atoms with Crippen molar-refractivity contribution in [1.82, 2.24) is 0 Å². The first kappa shape index (κ1) is 70.6. The molecule has 4 aliphatic heterocycles. The molecule has 4 saturated carbocycles. The number of carbonyl (C=O) groups excluding carboxylic acids is 3. The Morgan fingerprint density at radius 3 is 1.88 bits per heavy atom. The van der Waals surface area contributed by atoms with Gasteiger partial charge in [-0.1, -0.05) is 90.4 Å². The van der Waals surface area contributed by atoms with Crippen LogP contribution in [0.15, 0.2) is 48.1 Å². The van der Waals surface area contributed by atoms with Crippen molar-refractivity contribution in [2.75, 3.05) is 26.4 Å². The highest BCUT2D eigenvalue weighted by molar-refractivity contribution is 5.87. The molecule has 0 amide bonds. The van der Waals surface area contributed by atoms with Crippen LogP contribution in [0.25, 0.3) is 6.08 Å². The number of carbonyl (C=O) groups is 4. The van der Waals surface area contributed by atoms with Gasteiger partial charge < -0.3 is 113 Å². The molecular weight excluding hydrogens is 1210 g/mol. The molecule has 10 rings (SSSR count). The standard InChI is InChI=1S/C65H94O27/c1-29(68)84-40-24-64(9)32(33-23-60(3,4)53(54(85-30(2)69)65(33,40)28-67)88-41(72)18-15-31-13-11-10-12-14-31)16-17-38-62(7)21-20-39(61(5,6)37(62)19-22-63(38,64)8)87-59-52(92-57-47(78)45(76)44(75)36(25-66)86-57)49(48(79)50(90-59)55(80)81)89-58-51(43(74)35(71)27-83-58)91-56-46(77)42(73)34(70)26-82-56/h10-16,18,33-40,42-54,56-59,66-67,70-71,73-79H,17,19-28H2,1-9H3,(H,80,81)/b18-15+/t33?,34-,35+,36-,37?,38?,39+,40-,42+,43+,44+,45+,46-,47-,48+,49+,50+,51-,52-,53+,54+,56+,57+,58+,59-,62+,63-,64-,65+/m1/s1. The monoisotopic (exact) mass is 1310 g/mol. The summed E-state index contributed by atoms with van der Waals surface area (Å²) in [5.41, 5.74) is -3.11. The van der Waals surface area contributed by atoms with E-state index >= 15 is 0 Å². The van der Waals surface area contributed by atoms with Crippen molar-refractivity contribution < 1.29 is 133 Å². The molecule has 4 heterocycles. The predicted molar refractivity (Wildman–Crippen MR) is 314 cm³/mol. The zero-order valence-corrected chi connectivity index (χ0v) is 53.3. The van der Waals surface area contributed by atoms with Crippen LogP contribution in [0, 0.1) is 50.2 Å². The third-order valence-corrected chi connectivity index (χ3v) is 23.0. The van der Waals surface area contributed by atoms with Gasteiger partial charge in [0.25, 0.3) is 0 Å². The predicted octanol–water partition coefficient (Wildman–Crippen LogP) is 0.127. The van der Waals surface area contributed by atoms with Gasteiger partial charge in [-0.25, -0.2) is 9.59 Å². The smallest absolute Gasteiger partial charge is 0.335 e. The number of aliphatic carboxylic acids is 1. The molecule has 9 aliphatic rings. The van der Waals surface area contributed by atoms with E-state index in [0.29, 0.717) is 38.5 Å². The molecule has 0 aromatic heterocycles. The SMILES string of the molecule is CC(=O)O[C@@H]1C[C@]2(C)C(=CCC3[C@@]4(C)CC[C@H](O[C@@H]5O[C@H](C(=O)O)[C@@H](O)[C@H](O[C@@H]6OC[C@H](O)[C@H](O)[C@H]6O[C@@H]6OC[C@@H](O)[C@H](O)[C@H]6O)[C@H]5O[C@@H]5O[C@H](CO)[C@H](O)[C@H](O)[C@H]5O)C(C)(C)C4CC[C@]32C)C2CC(C)(C)[C@@H](OC(=O)/C=C/c3ccccc3)[C@H](OC(C)=O)[C@@]21CO. The Hall–Kier alpha value is -4.18.